The van der Waals surface area contributed by atoms with Crippen molar-refractivity contribution in [2.24, 2.45) is 11.8 Å². The average Bonchev–Trinajstić information content (AvgIpc) is 3.47. The number of aromatic nitrogens is 1. The molecule has 148 valence electrons. The number of nitrogens with zero attached hydrogens (tertiary/aromatic N) is 2. The molecule has 5 nitrogen and oxygen atoms in total. The Morgan fingerprint density at radius 3 is 2.36 bits per heavy atom. The van der Waals surface area contributed by atoms with Gasteiger partial charge in [0.15, 0.2) is 0 Å². The third kappa shape index (κ3) is 4.88. The molecule has 0 saturated heterocycles. The standard InChI is InChI=1S/C20H20F3N3O2/c1-26(11-8-13-6-9-24-10-7-13)19(28)17-12-16(17)18(27)25-15-4-2-14(3-5-15)20(21,22)23/h2-7,9-10,16-17H,8,11-12H2,1H3,(H,25,27). The first-order valence-electron chi connectivity index (χ1n) is 8.87. The van der Waals surface area contributed by atoms with Crippen LogP contribution in [0, 0.1) is 11.8 Å². The molecule has 8 heteroatoms. The van der Waals surface area contributed by atoms with Gasteiger partial charge in [-0.25, -0.2) is 0 Å². The number of pyridine rings is 1. The number of halogens is 3. The van der Waals surface area contributed by atoms with Crippen LogP contribution in [-0.4, -0.2) is 35.3 Å². The molecule has 1 fully saturated rings. The third-order valence-corrected chi connectivity index (χ3v) is 4.79. The van der Waals surface area contributed by atoms with Gasteiger partial charge in [0, 0.05) is 31.7 Å². The van der Waals surface area contributed by atoms with Gasteiger partial charge >= 0.3 is 6.18 Å². The van der Waals surface area contributed by atoms with Crippen LogP contribution >= 0.6 is 0 Å². The Balaban J connectivity index is 1.48. The lowest BCUT2D eigenvalue weighted by Gasteiger charge is -2.17. The van der Waals surface area contributed by atoms with Crippen LogP contribution < -0.4 is 5.32 Å². The maximum Gasteiger partial charge on any atom is 0.416 e. The van der Waals surface area contributed by atoms with Crippen LogP contribution in [0.15, 0.2) is 48.8 Å². The zero-order valence-electron chi connectivity index (χ0n) is 15.2. The zero-order chi connectivity index (χ0) is 20.3. The summed E-state index contributed by atoms with van der Waals surface area (Å²) < 4.78 is 37.7. The summed E-state index contributed by atoms with van der Waals surface area (Å²) in [7, 11) is 1.70. The lowest BCUT2D eigenvalue weighted by molar-refractivity contribution is -0.137. The van der Waals surface area contributed by atoms with Gasteiger partial charge in [-0.2, -0.15) is 13.2 Å². The highest BCUT2D eigenvalue weighted by Gasteiger charge is 2.49. The molecule has 2 aromatic rings. The predicted molar refractivity (Wildman–Crippen MR) is 97.2 cm³/mol. The largest absolute Gasteiger partial charge is 0.416 e. The maximum atomic E-state index is 12.6. The highest BCUT2D eigenvalue weighted by molar-refractivity contribution is 5.99. The molecule has 1 saturated carbocycles. The molecule has 1 N–H and O–H groups in total. The second-order valence-corrected chi connectivity index (χ2v) is 6.88. The van der Waals surface area contributed by atoms with Gasteiger partial charge in [-0.15, -0.1) is 0 Å². The summed E-state index contributed by atoms with van der Waals surface area (Å²) in [6, 6.07) is 8.02. The Morgan fingerprint density at radius 1 is 1.11 bits per heavy atom. The van der Waals surface area contributed by atoms with Crippen molar-refractivity contribution >= 4 is 17.5 Å². The number of carbonyl (C=O) groups is 2. The van der Waals surface area contributed by atoms with Crippen LogP contribution in [0.2, 0.25) is 0 Å². The zero-order valence-corrected chi connectivity index (χ0v) is 15.2. The lowest BCUT2D eigenvalue weighted by Crippen LogP contribution is -2.31. The topological polar surface area (TPSA) is 62.3 Å². The van der Waals surface area contributed by atoms with Crippen molar-refractivity contribution < 1.29 is 22.8 Å². The molecule has 1 aromatic carbocycles. The Labute approximate surface area is 160 Å². The van der Waals surface area contributed by atoms with E-state index in [0.717, 1.165) is 17.7 Å². The number of alkyl halides is 3. The highest BCUT2D eigenvalue weighted by Crippen LogP contribution is 2.40. The minimum Gasteiger partial charge on any atom is -0.345 e. The summed E-state index contributed by atoms with van der Waals surface area (Å²) in [4.78, 5) is 30.3. The summed E-state index contributed by atoms with van der Waals surface area (Å²) in [6.07, 6.45) is 0.113. The van der Waals surface area contributed by atoms with Crippen molar-refractivity contribution in [3.05, 3.63) is 59.9 Å². The minimum absolute atomic E-state index is 0.0957. The molecule has 3 rings (SSSR count). The molecular formula is C20H20F3N3O2. The Bertz CT molecular complexity index is 838. The van der Waals surface area contributed by atoms with E-state index in [1.807, 2.05) is 12.1 Å². The van der Waals surface area contributed by atoms with Gasteiger partial charge in [0.1, 0.15) is 0 Å². The van der Waals surface area contributed by atoms with Crippen molar-refractivity contribution in [2.45, 2.75) is 19.0 Å². The van der Waals surface area contributed by atoms with Gasteiger partial charge in [0.05, 0.1) is 17.4 Å². The predicted octanol–water partition coefficient (Wildman–Crippen LogP) is 3.38. The van der Waals surface area contributed by atoms with E-state index < -0.39 is 17.7 Å². The minimum atomic E-state index is -4.42. The van der Waals surface area contributed by atoms with E-state index in [-0.39, 0.29) is 23.4 Å². The number of benzene rings is 1. The van der Waals surface area contributed by atoms with Gasteiger partial charge in [-0.05, 0) is 54.8 Å². The molecule has 28 heavy (non-hydrogen) atoms. The number of likely N-dealkylation sites (N-methyl/N-ethyl adjacent to an activating group) is 1. The smallest absolute Gasteiger partial charge is 0.345 e. The number of nitrogens with one attached hydrogen (secondary N) is 1. The van der Waals surface area contributed by atoms with E-state index in [1.54, 1.807) is 24.3 Å². The molecule has 0 spiro atoms. The number of hydrogen-bond acceptors (Lipinski definition) is 3. The normalized spacial score (nSPS) is 18.4. The monoisotopic (exact) mass is 391 g/mol. The van der Waals surface area contributed by atoms with Crippen LogP contribution in [0.5, 0.6) is 0 Å². The molecule has 0 radical (unpaired) electrons. The fraction of sp³-hybridized carbons (Fsp3) is 0.350. The van der Waals surface area contributed by atoms with E-state index in [2.05, 4.69) is 10.3 Å². The second-order valence-electron chi connectivity index (χ2n) is 6.88. The summed E-state index contributed by atoms with van der Waals surface area (Å²) in [6.45, 7) is 0.534. The fourth-order valence-electron chi connectivity index (χ4n) is 2.97. The molecular weight excluding hydrogens is 371 g/mol. The molecule has 2 unspecified atom stereocenters. The number of amides is 2. The van der Waals surface area contributed by atoms with E-state index in [4.69, 9.17) is 0 Å². The Morgan fingerprint density at radius 2 is 1.75 bits per heavy atom. The van der Waals surface area contributed by atoms with Crippen LogP contribution in [0.25, 0.3) is 0 Å². The van der Waals surface area contributed by atoms with E-state index >= 15 is 0 Å². The van der Waals surface area contributed by atoms with E-state index in [9.17, 15) is 22.8 Å². The van der Waals surface area contributed by atoms with E-state index in [1.165, 1.54) is 12.1 Å². The van der Waals surface area contributed by atoms with Crippen LogP contribution in [0.4, 0.5) is 18.9 Å². The Hall–Kier alpha value is -2.90. The molecule has 0 bridgehead atoms. The van der Waals surface area contributed by atoms with Gasteiger partial charge in [0.25, 0.3) is 0 Å². The quantitative estimate of drug-likeness (QED) is 0.821. The molecule has 2 amide bonds. The van der Waals surface area contributed by atoms with Gasteiger partial charge in [0.2, 0.25) is 11.8 Å². The van der Waals surface area contributed by atoms with Crippen molar-refractivity contribution in [2.75, 3.05) is 18.9 Å². The molecule has 1 heterocycles. The summed E-state index contributed by atoms with van der Waals surface area (Å²) >= 11 is 0. The maximum absolute atomic E-state index is 12.6. The van der Waals surface area contributed by atoms with Crippen LogP contribution in [-0.2, 0) is 22.2 Å². The first-order chi connectivity index (χ1) is 13.3. The van der Waals surface area contributed by atoms with E-state index in [0.29, 0.717) is 19.4 Å². The SMILES string of the molecule is CN(CCc1ccncc1)C(=O)C1CC1C(=O)Nc1ccc(C(F)(F)F)cc1. The van der Waals surface area contributed by atoms with Crippen molar-refractivity contribution in [1.29, 1.82) is 0 Å². The summed E-state index contributed by atoms with van der Waals surface area (Å²) in [5, 5.41) is 2.58. The Kier molecular flexibility index (Phi) is 5.67. The van der Waals surface area contributed by atoms with Gasteiger partial charge in [-0.3, -0.25) is 14.6 Å². The average molecular weight is 391 g/mol. The molecule has 1 aliphatic carbocycles. The summed E-state index contributed by atoms with van der Waals surface area (Å²) in [5.41, 5.74) is 0.574. The summed E-state index contributed by atoms with van der Waals surface area (Å²) in [5.74, 6) is -1.27. The molecule has 1 aromatic heterocycles. The van der Waals surface area contributed by atoms with Crippen molar-refractivity contribution in [1.82, 2.24) is 9.88 Å². The third-order valence-electron chi connectivity index (χ3n) is 4.79. The number of anilines is 1. The molecule has 2 atom stereocenters. The first kappa shape index (κ1) is 19.9. The van der Waals surface area contributed by atoms with Crippen molar-refractivity contribution in [3.8, 4) is 0 Å². The lowest BCUT2D eigenvalue weighted by atomic mass is 10.2. The highest BCUT2D eigenvalue weighted by atomic mass is 19.4. The number of rotatable bonds is 6. The van der Waals surface area contributed by atoms with Gasteiger partial charge in [-0.1, -0.05) is 0 Å². The second kappa shape index (κ2) is 8.00. The fourth-order valence-corrected chi connectivity index (χ4v) is 2.97. The van der Waals surface area contributed by atoms with Gasteiger partial charge < -0.3 is 10.2 Å². The number of hydrogen-bond donors (Lipinski definition) is 1. The van der Waals surface area contributed by atoms with Crippen LogP contribution in [0.3, 0.4) is 0 Å². The molecule has 1 aliphatic rings. The van der Waals surface area contributed by atoms with Crippen LogP contribution in [0.1, 0.15) is 17.5 Å². The number of carbonyl (C=O) groups excluding carboxylic acids is 2. The first-order valence-corrected chi connectivity index (χ1v) is 8.87. The molecule has 0 aliphatic heterocycles. The van der Waals surface area contributed by atoms with Crippen molar-refractivity contribution in [3.63, 3.8) is 0 Å².